The van der Waals surface area contributed by atoms with Crippen LogP contribution in [0.3, 0.4) is 0 Å². The summed E-state index contributed by atoms with van der Waals surface area (Å²) in [5.74, 6) is -0.985. The Labute approximate surface area is 226 Å². The molecule has 0 aliphatic rings. The third-order valence-corrected chi connectivity index (χ3v) is 6.25. The monoisotopic (exact) mass is 528 g/mol. The lowest BCUT2D eigenvalue weighted by molar-refractivity contribution is 0.0843. The number of carbonyl (C=O) groups excluding carboxylic acids is 2. The molecule has 4 N–H and O–H groups in total. The molecule has 0 unspecified atom stereocenters. The molecular weight excluding hydrogens is 484 g/mol. The van der Waals surface area contributed by atoms with Crippen LogP contribution in [0.5, 0.6) is 23.0 Å². The normalized spacial score (nSPS) is 10.7. The number of amides is 2. The first-order chi connectivity index (χ1) is 18.5. The molecule has 8 nitrogen and oxygen atoms in total. The summed E-state index contributed by atoms with van der Waals surface area (Å²) in [4.78, 5) is 25.2. The van der Waals surface area contributed by atoms with Crippen molar-refractivity contribution in [3.8, 4) is 23.0 Å². The zero-order valence-electron chi connectivity index (χ0n) is 22.9. The summed E-state index contributed by atoms with van der Waals surface area (Å²) in [6.45, 7) is 5.40. The van der Waals surface area contributed by atoms with Crippen LogP contribution >= 0.6 is 0 Å². The predicted molar refractivity (Wildman–Crippen MR) is 149 cm³/mol. The van der Waals surface area contributed by atoms with Gasteiger partial charge in [-0.15, -0.1) is 0 Å². The number of unbranched alkanes of at least 4 members (excludes halogenated alkanes) is 10. The molecule has 0 aliphatic heterocycles. The van der Waals surface area contributed by atoms with Crippen molar-refractivity contribution in [3.05, 3.63) is 47.5 Å². The summed E-state index contributed by atoms with van der Waals surface area (Å²) in [5, 5.41) is 20.3. The van der Waals surface area contributed by atoms with E-state index in [0.29, 0.717) is 24.7 Å². The van der Waals surface area contributed by atoms with E-state index in [1.807, 2.05) is 0 Å². The summed E-state index contributed by atoms with van der Waals surface area (Å²) in [7, 11) is 0. The maximum Gasteiger partial charge on any atom is 0.273 e. The Morgan fingerprint density at radius 2 is 0.974 bits per heavy atom. The van der Waals surface area contributed by atoms with Gasteiger partial charge < -0.3 is 19.7 Å². The number of carbonyl (C=O) groups is 2. The molecular formula is C30H44N2O6. The van der Waals surface area contributed by atoms with E-state index < -0.39 is 11.8 Å². The Kier molecular flexibility index (Phi) is 14.5. The fourth-order valence-corrected chi connectivity index (χ4v) is 3.97. The lowest BCUT2D eigenvalue weighted by atomic mass is 10.1. The molecule has 0 bridgehead atoms. The Morgan fingerprint density at radius 3 is 1.37 bits per heavy atom. The lowest BCUT2D eigenvalue weighted by Crippen LogP contribution is -2.41. The van der Waals surface area contributed by atoms with Crippen molar-refractivity contribution in [3.63, 3.8) is 0 Å². The molecule has 0 aromatic heterocycles. The van der Waals surface area contributed by atoms with Gasteiger partial charge in [-0.2, -0.15) is 0 Å². The molecule has 0 saturated heterocycles. The zero-order valence-corrected chi connectivity index (χ0v) is 22.9. The average Bonchev–Trinajstić information content (AvgIpc) is 2.92. The molecule has 2 rings (SSSR count). The SMILES string of the molecule is CCCCCCCCOc1ccc(O)c(C(=O)NNC(=O)c2cc(OCCCCCCCC)ccc2O)c1. The van der Waals surface area contributed by atoms with Crippen molar-refractivity contribution in [1.29, 1.82) is 0 Å². The van der Waals surface area contributed by atoms with E-state index in [2.05, 4.69) is 24.7 Å². The highest BCUT2D eigenvalue weighted by molar-refractivity contribution is 6.01. The maximum absolute atomic E-state index is 12.6. The average molecular weight is 529 g/mol. The number of hydrogen-bond donors (Lipinski definition) is 4. The van der Waals surface area contributed by atoms with Gasteiger partial charge in [-0.25, -0.2) is 0 Å². The van der Waals surface area contributed by atoms with E-state index in [-0.39, 0.29) is 22.6 Å². The van der Waals surface area contributed by atoms with Gasteiger partial charge in [0.2, 0.25) is 0 Å². The van der Waals surface area contributed by atoms with Crippen LogP contribution in [0.15, 0.2) is 36.4 Å². The highest BCUT2D eigenvalue weighted by Crippen LogP contribution is 2.25. The summed E-state index contributed by atoms with van der Waals surface area (Å²) >= 11 is 0. The van der Waals surface area contributed by atoms with Crippen LogP contribution in [-0.2, 0) is 0 Å². The minimum Gasteiger partial charge on any atom is -0.507 e. The van der Waals surface area contributed by atoms with Crippen LogP contribution in [0.4, 0.5) is 0 Å². The van der Waals surface area contributed by atoms with Crippen LogP contribution < -0.4 is 20.3 Å². The van der Waals surface area contributed by atoms with Crippen molar-refractivity contribution in [2.75, 3.05) is 13.2 Å². The Bertz CT molecular complexity index is 915. The lowest BCUT2D eigenvalue weighted by Gasteiger charge is -2.12. The van der Waals surface area contributed by atoms with Crippen molar-refractivity contribution in [2.24, 2.45) is 0 Å². The largest absolute Gasteiger partial charge is 0.507 e. The summed E-state index contributed by atoms with van der Waals surface area (Å²) in [5.41, 5.74) is 4.48. The first kappa shape index (κ1) is 30.8. The first-order valence-electron chi connectivity index (χ1n) is 14.0. The van der Waals surface area contributed by atoms with Crippen LogP contribution in [0.1, 0.15) is 112 Å². The van der Waals surface area contributed by atoms with Crippen molar-refractivity contribution in [2.45, 2.75) is 90.9 Å². The minimum atomic E-state index is -0.712. The Hall–Kier alpha value is -3.42. The number of phenolic OH excluding ortho intramolecular Hbond substituents is 2. The zero-order chi connectivity index (χ0) is 27.6. The highest BCUT2D eigenvalue weighted by atomic mass is 16.5. The molecule has 0 heterocycles. The molecule has 210 valence electrons. The molecule has 0 saturated carbocycles. The third-order valence-electron chi connectivity index (χ3n) is 6.25. The molecule has 0 radical (unpaired) electrons. The van der Waals surface area contributed by atoms with Gasteiger partial charge in [0, 0.05) is 0 Å². The van der Waals surface area contributed by atoms with Gasteiger partial charge in [-0.05, 0) is 49.2 Å². The summed E-state index contributed by atoms with van der Waals surface area (Å²) in [6.07, 6.45) is 13.7. The maximum atomic E-state index is 12.6. The molecule has 2 aromatic rings. The number of ether oxygens (including phenoxy) is 2. The summed E-state index contributed by atoms with van der Waals surface area (Å²) in [6, 6.07) is 8.81. The Morgan fingerprint density at radius 1 is 0.605 bits per heavy atom. The fourth-order valence-electron chi connectivity index (χ4n) is 3.97. The topological polar surface area (TPSA) is 117 Å². The van der Waals surface area contributed by atoms with E-state index in [4.69, 9.17) is 9.47 Å². The quantitative estimate of drug-likeness (QED) is 0.127. The molecule has 2 aromatic carbocycles. The predicted octanol–water partition coefficient (Wildman–Crippen LogP) is 6.65. The first-order valence-corrected chi connectivity index (χ1v) is 14.0. The summed E-state index contributed by atoms with van der Waals surface area (Å²) < 4.78 is 11.4. The van der Waals surface area contributed by atoms with Crippen LogP contribution in [0.2, 0.25) is 0 Å². The second kappa shape index (κ2) is 17.9. The minimum absolute atomic E-state index is 0.0361. The van der Waals surface area contributed by atoms with Crippen molar-refractivity contribution in [1.82, 2.24) is 10.9 Å². The number of nitrogens with one attached hydrogen (secondary N) is 2. The second-order valence-electron chi connectivity index (χ2n) is 9.50. The number of benzene rings is 2. The number of rotatable bonds is 18. The van der Waals surface area contributed by atoms with Gasteiger partial charge in [-0.1, -0.05) is 78.1 Å². The highest BCUT2D eigenvalue weighted by Gasteiger charge is 2.17. The van der Waals surface area contributed by atoms with Gasteiger partial charge in [0.15, 0.2) is 0 Å². The van der Waals surface area contributed by atoms with Crippen LogP contribution in [0, 0.1) is 0 Å². The van der Waals surface area contributed by atoms with Gasteiger partial charge in [0.25, 0.3) is 11.8 Å². The van der Waals surface area contributed by atoms with Crippen molar-refractivity contribution < 1.29 is 29.3 Å². The molecule has 0 aliphatic carbocycles. The molecule has 8 heteroatoms. The standard InChI is InChI=1S/C30H44N2O6/c1-3-5-7-9-11-13-19-37-23-15-17-27(33)25(21-23)29(35)31-32-30(36)26-22-24(16-18-28(26)34)38-20-14-12-10-8-6-4-2/h15-18,21-22,33-34H,3-14,19-20H2,1-2H3,(H,31,35)(H,32,36). The number of phenols is 2. The fraction of sp³-hybridized carbons (Fsp3) is 0.533. The van der Waals surface area contributed by atoms with Gasteiger partial charge in [0.05, 0.1) is 24.3 Å². The molecule has 0 spiro atoms. The van der Waals surface area contributed by atoms with Gasteiger partial charge >= 0.3 is 0 Å². The van der Waals surface area contributed by atoms with E-state index in [0.717, 1.165) is 25.7 Å². The van der Waals surface area contributed by atoms with E-state index >= 15 is 0 Å². The second-order valence-corrected chi connectivity index (χ2v) is 9.50. The number of aromatic hydroxyl groups is 2. The molecule has 0 fully saturated rings. The third kappa shape index (κ3) is 11.3. The molecule has 2 amide bonds. The molecule has 38 heavy (non-hydrogen) atoms. The Balaban J connectivity index is 1.83. The number of hydrazine groups is 1. The smallest absolute Gasteiger partial charge is 0.273 e. The van der Waals surface area contributed by atoms with Crippen LogP contribution in [0.25, 0.3) is 0 Å². The van der Waals surface area contributed by atoms with Crippen molar-refractivity contribution >= 4 is 11.8 Å². The van der Waals surface area contributed by atoms with Gasteiger partial charge in [-0.3, -0.25) is 20.4 Å². The van der Waals surface area contributed by atoms with Crippen LogP contribution in [-0.4, -0.2) is 35.2 Å². The van der Waals surface area contributed by atoms with E-state index in [1.165, 1.54) is 75.6 Å². The van der Waals surface area contributed by atoms with Gasteiger partial charge in [0.1, 0.15) is 23.0 Å². The number of hydrogen-bond acceptors (Lipinski definition) is 6. The van der Waals surface area contributed by atoms with E-state index in [9.17, 15) is 19.8 Å². The molecule has 0 atom stereocenters. The van der Waals surface area contributed by atoms with E-state index in [1.54, 1.807) is 12.1 Å².